The van der Waals surface area contributed by atoms with E-state index in [1.54, 1.807) is 30.3 Å². The molecule has 1 heteroatoms. The molecule has 1 aliphatic rings. The van der Waals surface area contributed by atoms with Gasteiger partial charge in [-0.2, -0.15) is 0 Å². The molecule has 1 nitrogen and oxygen atoms in total. The number of hydrogen-bond donors (Lipinski definition) is 0. The van der Waals surface area contributed by atoms with Crippen LogP contribution in [-0.4, -0.2) is 6.04 Å². The van der Waals surface area contributed by atoms with Crippen LogP contribution in [0, 0.1) is 0 Å². The molecule has 0 aromatic heterocycles. The lowest BCUT2D eigenvalue weighted by molar-refractivity contribution is 0.762. The third-order valence-corrected chi connectivity index (χ3v) is 12.8. The Hall–Kier alpha value is -8.78. The van der Waals surface area contributed by atoms with Crippen LogP contribution in [0.25, 0.3) is 72.1 Å². The van der Waals surface area contributed by atoms with Gasteiger partial charge >= 0.3 is 0 Å². The van der Waals surface area contributed by atoms with Gasteiger partial charge in [-0.1, -0.05) is 248 Å². The predicted molar refractivity (Wildman–Crippen MR) is 298 cm³/mol. The summed E-state index contributed by atoms with van der Waals surface area (Å²) in [6.45, 7) is 0.577. The van der Waals surface area contributed by atoms with Crippen molar-refractivity contribution in [1.29, 1.82) is 0 Å². The van der Waals surface area contributed by atoms with Gasteiger partial charge in [-0.3, -0.25) is 0 Å². The van der Waals surface area contributed by atoms with E-state index in [2.05, 4.69) is 0 Å². The van der Waals surface area contributed by atoms with Crippen LogP contribution in [-0.2, 0) is 5.41 Å². The first kappa shape index (κ1) is 25.5. The summed E-state index contributed by atoms with van der Waals surface area (Å²) in [5.74, 6) is 0. The van der Waals surface area contributed by atoms with Crippen LogP contribution in [0.3, 0.4) is 0 Å². The van der Waals surface area contributed by atoms with Gasteiger partial charge in [0.15, 0.2) is 0 Å². The molecule has 11 aromatic carbocycles. The highest BCUT2D eigenvalue weighted by molar-refractivity contribution is 6.13. The fourth-order valence-electron chi connectivity index (χ4n) is 9.71. The first-order valence-corrected chi connectivity index (χ1v) is 22.6. The van der Waals surface area contributed by atoms with E-state index < -0.39 is 166 Å². The Balaban J connectivity index is 1.10. The summed E-state index contributed by atoms with van der Waals surface area (Å²) in [6.07, 6.45) is -1.29. The molecule has 1 aliphatic carbocycles. The molecule has 11 aromatic rings. The van der Waals surface area contributed by atoms with Crippen molar-refractivity contribution < 1.29 is 28.8 Å². The normalized spacial score (nSPS) is 18.1. The van der Waals surface area contributed by atoms with Crippen LogP contribution in [0.5, 0.6) is 0 Å². The first-order valence-electron chi connectivity index (χ1n) is 33.3. The van der Waals surface area contributed by atoms with E-state index in [-0.39, 0.29) is 11.3 Å². The smallest absolute Gasteiger partial charge is 0.0714 e. The Morgan fingerprint density at radius 3 is 1.74 bits per heavy atom. The van der Waals surface area contributed by atoms with E-state index in [0.717, 1.165) is 55.0 Å². The van der Waals surface area contributed by atoms with Gasteiger partial charge in [-0.05, 0) is 131 Å². The molecular weight excluding hydrogens is 843 g/mol. The van der Waals surface area contributed by atoms with Crippen LogP contribution in [0.15, 0.2) is 279 Å². The van der Waals surface area contributed by atoms with Crippen molar-refractivity contribution >= 4 is 39.0 Å². The molecule has 0 spiro atoms. The third kappa shape index (κ3) is 7.53. The van der Waals surface area contributed by atoms with E-state index in [0.29, 0.717) is 23.1 Å². The molecule has 0 bridgehead atoms. The second kappa shape index (κ2) is 18.4. The number of rotatable bonds is 12. The van der Waals surface area contributed by atoms with Gasteiger partial charge in [0.1, 0.15) is 0 Å². The van der Waals surface area contributed by atoms with Gasteiger partial charge in [0, 0.05) is 12.7 Å². The monoisotopic (exact) mass is 915 g/mol. The molecule has 332 valence electrons. The molecule has 0 radical (unpaired) electrons. The average molecular weight is 915 g/mol. The van der Waals surface area contributed by atoms with E-state index in [1.807, 2.05) is 127 Å². The molecule has 2 atom stereocenters. The summed E-state index contributed by atoms with van der Waals surface area (Å²) in [5.41, 5.74) is 0.441. The fourth-order valence-corrected chi connectivity index (χ4v) is 9.71. The first-order chi connectivity index (χ1) is 43.5. The molecule has 0 aliphatic heterocycles. The zero-order valence-electron chi connectivity index (χ0n) is 58.3. The lowest BCUT2D eigenvalue weighted by atomic mass is 9.67. The molecule has 2 unspecified atom stereocenters. The molecule has 0 amide bonds. The minimum atomic E-state index is -2.13. The quantitative estimate of drug-likeness (QED) is 0.0872. The van der Waals surface area contributed by atoms with Crippen molar-refractivity contribution in [3.63, 3.8) is 0 Å². The molecule has 0 saturated carbocycles. The van der Waals surface area contributed by atoms with Crippen molar-refractivity contribution in [2.75, 3.05) is 4.90 Å². The van der Waals surface area contributed by atoms with Crippen LogP contribution in [0.2, 0.25) is 0 Å². The van der Waals surface area contributed by atoms with Crippen molar-refractivity contribution in [3.05, 3.63) is 307 Å². The number of fused-ring (bicyclic) bond motifs is 6. The maximum absolute atomic E-state index is 10.0. The number of anilines is 2. The second-order valence-corrected chi connectivity index (χ2v) is 16.7. The molecule has 0 saturated heterocycles. The average Bonchev–Trinajstić information content (AvgIpc) is 1.58. The van der Waals surface area contributed by atoms with Crippen molar-refractivity contribution in [2.45, 2.75) is 17.9 Å². The highest BCUT2D eigenvalue weighted by Crippen LogP contribution is 2.57. The molecule has 70 heavy (non-hydrogen) atoms. The second-order valence-electron chi connectivity index (χ2n) is 16.7. The maximum Gasteiger partial charge on any atom is 0.0714 e. The van der Waals surface area contributed by atoms with E-state index in [4.69, 9.17) is 13.7 Å². The zero-order valence-corrected chi connectivity index (χ0v) is 37.3. The largest absolute Gasteiger partial charge is 0.334 e. The summed E-state index contributed by atoms with van der Waals surface area (Å²) >= 11 is 0. The molecular formula is C69H51N. The Labute approximate surface area is 441 Å². The number of hydrogen-bond acceptors (Lipinski definition) is 1. The van der Waals surface area contributed by atoms with Crippen molar-refractivity contribution in [1.82, 2.24) is 0 Å². The molecule has 0 N–H and O–H groups in total. The van der Waals surface area contributed by atoms with Gasteiger partial charge in [-0.25, -0.2) is 0 Å². The topological polar surface area (TPSA) is 3.24 Å². The van der Waals surface area contributed by atoms with E-state index in [9.17, 15) is 15.1 Å². The summed E-state index contributed by atoms with van der Waals surface area (Å²) in [4.78, 5) is 1.14. The summed E-state index contributed by atoms with van der Waals surface area (Å²) < 4.78 is 194. The SMILES string of the molecule is [2H]C=C([2H])C(C([2H])/C([2H])=C/c1c([2H])c([2H])c(-c2c([2H])c([2H])c([2H])c([2H])c2[2H])c([2H])c1[2H])N(c1ccc2c(c1)C(c1ccccc1)(c1ccccc1)c1ccccc1-2)c1c([2H])c([2H])c(-c2c([2H])c([2H])c(-c3cc4ccccc4c4ccccc34)c([2H])c2[2H])c([2H])c1[2H]. The lowest BCUT2D eigenvalue weighted by Gasteiger charge is -2.36. The Morgan fingerprint density at radius 1 is 0.486 bits per heavy atom. The highest BCUT2D eigenvalue weighted by atomic mass is 15.2. The Morgan fingerprint density at radius 2 is 1.04 bits per heavy atom. The van der Waals surface area contributed by atoms with Crippen molar-refractivity contribution in [3.8, 4) is 44.5 Å². The molecule has 0 fully saturated rings. The Bertz CT molecular complexity index is 4780. The summed E-state index contributed by atoms with van der Waals surface area (Å²) in [7, 11) is 0. The zero-order chi connectivity index (χ0) is 65.0. The van der Waals surface area contributed by atoms with Gasteiger partial charge in [0.2, 0.25) is 0 Å². The minimum Gasteiger partial charge on any atom is -0.334 e. The van der Waals surface area contributed by atoms with Gasteiger partial charge in [0.25, 0.3) is 0 Å². The van der Waals surface area contributed by atoms with Crippen LogP contribution in [0.4, 0.5) is 11.4 Å². The molecule has 0 heterocycles. The maximum atomic E-state index is 10.0. The van der Waals surface area contributed by atoms with Crippen LogP contribution in [0.1, 0.15) is 63.0 Å². The van der Waals surface area contributed by atoms with E-state index >= 15 is 0 Å². The van der Waals surface area contributed by atoms with Gasteiger partial charge in [0.05, 0.1) is 38.9 Å². The predicted octanol–water partition coefficient (Wildman–Crippen LogP) is 18.2. The highest BCUT2D eigenvalue weighted by Gasteiger charge is 2.46. The van der Waals surface area contributed by atoms with Crippen molar-refractivity contribution in [2.24, 2.45) is 0 Å². The van der Waals surface area contributed by atoms with E-state index in [1.165, 1.54) is 0 Å². The van der Waals surface area contributed by atoms with Crippen LogP contribution >= 0.6 is 0 Å². The lowest BCUT2D eigenvalue weighted by Crippen LogP contribution is -2.31. The fraction of sp³-hybridized carbons (Fsp3) is 0.0435. The molecule has 12 rings (SSSR count). The van der Waals surface area contributed by atoms with Crippen LogP contribution < -0.4 is 4.90 Å². The number of benzene rings is 11. The van der Waals surface area contributed by atoms with Gasteiger partial charge in [-0.15, -0.1) is 6.55 Å². The Kier molecular flexibility index (Phi) is 6.70. The van der Waals surface area contributed by atoms with Gasteiger partial charge < -0.3 is 4.90 Å². The minimum absolute atomic E-state index is 0.0291. The summed E-state index contributed by atoms with van der Waals surface area (Å²) in [6, 6.07) is 32.3. The third-order valence-electron chi connectivity index (χ3n) is 12.8. The number of nitrogens with zero attached hydrogens (tertiary/aromatic N) is 1. The standard InChI is InChI=1S/C69H51N/c1-2-58(27-18-19-49-33-35-51(36-34-49)50-20-6-3-7-21-50)70(60-45-46-65-64-31-16-17-32-67(64)69(68(65)48-60,56-23-8-4-9-24-56)57-25-10-5-11-26-57)59-43-41-53(42-44-59)52-37-39-54(40-38-52)66-47-55-22-12-13-28-61(55)62-29-14-15-30-63(62)66/h2-26,28-48,58H,1,27H2/b19-18+/i1D,2D,3D,6D,7D,18D,20D,21D,27D,33D,34D,35D,36D,37D,38D,39D,40D,41D,42D,43D,44D/b2-1?,19-18+. The summed E-state index contributed by atoms with van der Waals surface area (Å²) in [5, 5.41) is 3.09.